The highest BCUT2D eigenvalue weighted by atomic mass is 16.6. The molecule has 2 aromatic rings. The van der Waals surface area contributed by atoms with Crippen LogP contribution >= 0.6 is 0 Å². The molecule has 0 radical (unpaired) electrons. The van der Waals surface area contributed by atoms with Gasteiger partial charge < -0.3 is 9.47 Å². The summed E-state index contributed by atoms with van der Waals surface area (Å²) in [7, 11) is 1.46. The van der Waals surface area contributed by atoms with Crippen LogP contribution in [0.3, 0.4) is 0 Å². The van der Waals surface area contributed by atoms with Gasteiger partial charge in [-0.25, -0.2) is 0 Å². The number of ketones is 2. The lowest BCUT2D eigenvalue weighted by atomic mass is 9.97. The maximum Gasteiger partial charge on any atom is 0.316 e. The van der Waals surface area contributed by atoms with Crippen LogP contribution in [-0.4, -0.2) is 24.6 Å². The summed E-state index contributed by atoms with van der Waals surface area (Å²) < 4.78 is 10.7. The van der Waals surface area contributed by atoms with Gasteiger partial charge in [-0.2, -0.15) is 0 Å². The van der Waals surface area contributed by atoms with Gasteiger partial charge in [-0.3, -0.25) is 14.4 Å². The SMILES string of the molecule is COc1cc(C=C2C(=O)c3ccccc3C2=O)ccc1OC(=O)C(C)(C)C. The number of esters is 1. The van der Waals surface area contributed by atoms with Crippen molar-refractivity contribution in [3.8, 4) is 11.5 Å². The molecule has 0 N–H and O–H groups in total. The number of allylic oxidation sites excluding steroid dienone is 1. The van der Waals surface area contributed by atoms with E-state index in [1.807, 2.05) is 0 Å². The summed E-state index contributed by atoms with van der Waals surface area (Å²) in [5.41, 5.74) is 0.887. The lowest BCUT2D eigenvalue weighted by Gasteiger charge is -2.17. The molecule has 5 nitrogen and oxygen atoms in total. The first-order valence-electron chi connectivity index (χ1n) is 8.53. The molecule has 1 aliphatic rings. The van der Waals surface area contributed by atoms with Crippen molar-refractivity contribution in [2.45, 2.75) is 20.8 Å². The van der Waals surface area contributed by atoms with Crippen molar-refractivity contribution in [1.29, 1.82) is 0 Å². The predicted octanol–water partition coefficient (Wildman–Crippen LogP) is 4.11. The molecule has 0 spiro atoms. The van der Waals surface area contributed by atoms with Gasteiger partial charge in [-0.15, -0.1) is 0 Å². The minimum absolute atomic E-state index is 0.109. The molecule has 1 aliphatic carbocycles. The molecule has 3 rings (SSSR count). The van der Waals surface area contributed by atoms with E-state index in [1.165, 1.54) is 13.2 Å². The van der Waals surface area contributed by atoms with Crippen LogP contribution in [0.4, 0.5) is 0 Å². The van der Waals surface area contributed by atoms with Crippen LogP contribution in [-0.2, 0) is 4.79 Å². The topological polar surface area (TPSA) is 69.7 Å². The van der Waals surface area contributed by atoms with E-state index in [-0.39, 0.29) is 28.9 Å². The Morgan fingerprint density at radius 1 is 0.926 bits per heavy atom. The summed E-state index contributed by atoms with van der Waals surface area (Å²) in [6.07, 6.45) is 1.53. The highest BCUT2D eigenvalue weighted by molar-refractivity contribution is 6.41. The number of hydrogen-bond acceptors (Lipinski definition) is 5. The van der Waals surface area contributed by atoms with Gasteiger partial charge in [-0.1, -0.05) is 30.3 Å². The smallest absolute Gasteiger partial charge is 0.316 e. The van der Waals surface area contributed by atoms with E-state index in [4.69, 9.17) is 9.47 Å². The molecule has 0 aromatic heterocycles. The number of methoxy groups -OCH3 is 1. The second-order valence-corrected chi connectivity index (χ2v) is 7.31. The Kier molecular flexibility index (Phi) is 4.70. The number of benzene rings is 2. The Bertz CT molecular complexity index is 939. The number of hydrogen-bond donors (Lipinski definition) is 0. The zero-order valence-electron chi connectivity index (χ0n) is 15.7. The number of Topliss-reactive ketones (excluding diaryl/α,β-unsaturated/α-hetero) is 2. The molecule has 0 saturated heterocycles. The average molecular weight is 364 g/mol. The molecule has 0 bridgehead atoms. The molecule has 0 aliphatic heterocycles. The second-order valence-electron chi connectivity index (χ2n) is 7.31. The molecule has 0 unspecified atom stereocenters. The zero-order valence-corrected chi connectivity index (χ0v) is 15.7. The maximum absolute atomic E-state index is 12.5. The van der Waals surface area contributed by atoms with E-state index in [9.17, 15) is 14.4 Å². The summed E-state index contributed by atoms with van der Waals surface area (Å²) >= 11 is 0. The molecule has 0 heterocycles. The summed E-state index contributed by atoms with van der Waals surface area (Å²) in [5.74, 6) is -0.344. The Morgan fingerprint density at radius 3 is 2.04 bits per heavy atom. The van der Waals surface area contributed by atoms with Gasteiger partial charge in [0.2, 0.25) is 0 Å². The molecule has 5 heteroatoms. The van der Waals surface area contributed by atoms with E-state index in [1.54, 1.807) is 63.2 Å². The molecule has 2 aromatic carbocycles. The Hall–Kier alpha value is -3.21. The zero-order chi connectivity index (χ0) is 19.8. The van der Waals surface area contributed by atoms with Crippen molar-refractivity contribution in [2.75, 3.05) is 7.11 Å². The summed E-state index contributed by atoms with van der Waals surface area (Å²) in [4.78, 5) is 37.1. The number of ether oxygens (including phenoxy) is 2. The van der Waals surface area contributed by atoms with E-state index >= 15 is 0 Å². The third kappa shape index (κ3) is 3.53. The fourth-order valence-electron chi connectivity index (χ4n) is 2.68. The first-order chi connectivity index (χ1) is 12.7. The van der Waals surface area contributed by atoms with Crippen LogP contribution in [0.1, 0.15) is 47.1 Å². The summed E-state index contributed by atoms with van der Waals surface area (Å²) in [5, 5.41) is 0. The third-order valence-corrected chi connectivity index (χ3v) is 4.22. The first kappa shape index (κ1) is 18.6. The Labute approximate surface area is 157 Å². The number of carbonyl (C=O) groups excluding carboxylic acids is 3. The predicted molar refractivity (Wildman–Crippen MR) is 101 cm³/mol. The largest absolute Gasteiger partial charge is 0.493 e. The van der Waals surface area contributed by atoms with Crippen molar-refractivity contribution in [1.82, 2.24) is 0 Å². The van der Waals surface area contributed by atoms with Crippen LogP contribution in [0.5, 0.6) is 11.5 Å². The number of fused-ring (bicyclic) bond motifs is 1. The van der Waals surface area contributed by atoms with Gasteiger partial charge in [0.25, 0.3) is 0 Å². The molecular weight excluding hydrogens is 344 g/mol. The van der Waals surface area contributed by atoms with Crippen molar-refractivity contribution in [3.05, 3.63) is 64.7 Å². The van der Waals surface area contributed by atoms with Crippen LogP contribution < -0.4 is 9.47 Å². The maximum atomic E-state index is 12.5. The van der Waals surface area contributed by atoms with Crippen LogP contribution in [0.2, 0.25) is 0 Å². The van der Waals surface area contributed by atoms with Crippen molar-refractivity contribution >= 4 is 23.6 Å². The quantitative estimate of drug-likeness (QED) is 0.355. The highest BCUT2D eigenvalue weighted by Gasteiger charge is 2.32. The van der Waals surface area contributed by atoms with Crippen molar-refractivity contribution in [2.24, 2.45) is 5.41 Å². The Morgan fingerprint density at radius 2 is 1.52 bits per heavy atom. The molecule has 0 amide bonds. The highest BCUT2D eigenvalue weighted by Crippen LogP contribution is 2.33. The van der Waals surface area contributed by atoms with Crippen LogP contribution in [0, 0.1) is 5.41 Å². The van der Waals surface area contributed by atoms with Gasteiger partial charge in [0.15, 0.2) is 23.1 Å². The minimum atomic E-state index is -0.653. The number of rotatable bonds is 3. The molecule has 0 saturated carbocycles. The molecular formula is C22H20O5. The van der Waals surface area contributed by atoms with Gasteiger partial charge in [-0.05, 0) is 44.5 Å². The van der Waals surface area contributed by atoms with Gasteiger partial charge in [0, 0.05) is 11.1 Å². The average Bonchev–Trinajstić information content (AvgIpc) is 2.87. The Balaban J connectivity index is 1.93. The molecule has 27 heavy (non-hydrogen) atoms. The van der Waals surface area contributed by atoms with E-state index in [2.05, 4.69) is 0 Å². The fourth-order valence-corrected chi connectivity index (χ4v) is 2.68. The van der Waals surface area contributed by atoms with Gasteiger partial charge in [0.05, 0.1) is 18.1 Å². The lowest BCUT2D eigenvalue weighted by molar-refractivity contribution is -0.143. The molecule has 0 atom stereocenters. The van der Waals surface area contributed by atoms with E-state index < -0.39 is 5.41 Å². The first-order valence-corrected chi connectivity index (χ1v) is 8.53. The summed E-state index contributed by atoms with van der Waals surface area (Å²) in [6, 6.07) is 11.6. The third-order valence-electron chi connectivity index (χ3n) is 4.22. The van der Waals surface area contributed by atoms with Crippen molar-refractivity contribution < 1.29 is 23.9 Å². The summed E-state index contributed by atoms with van der Waals surface area (Å²) in [6.45, 7) is 5.28. The van der Waals surface area contributed by atoms with Crippen LogP contribution in [0.25, 0.3) is 6.08 Å². The molecule has 138 valence electrons. The standard InChI is InChI=1S/C22H20O5/c1-22(2,3)21(25)27-17-10-9-13(12-18(17)26-4)11-16-19(23)14-7-5-6-8-15(14)20(16)24/h5-12H,1-4H3. The fraction of sp³-hybridized carbons (Fsp3) is 0.227. The minimum Gasteiger partial charge on any atom is -0.493 e. The number of carbonyl (C=O) groups is 3. The van der Waals surface area contributed by atoms with Crippen LogP contribution in [0.15, 0.2) is 48.0 Å². The van der Waals surface area contributed by atoms with Gasteiger partial charge in [0.1, 0.15) is 0 Å². The molecule has 0 fully saturated rings. The normalized spacial score (nSPS) is 13.4. The lowest BCUT2D eigenvalue weighted by Crippen LogP contribution is -2.25. The van der Waals surface area contributed by atoms with E-state index in [0.717, 1.165) is 0 Å². The monoisotopic (exact) mass is 364 g/mol. The van der Waals surface area contributed by atoms with Crippen molar-refractivity contribution in [3.63, 3.8) is 0 Å². The van der Waals surface area contributed by atoms with E-state index in [0.29, 0.717) is 22.4 Å². The van der Waals surface area contributed by atoms with Gasteiger partial charge >= 0.3 is 5.97 Å². The second kappa shape index (κ2) is 6.83.